The van der Waals surface area contributed by atoms with Crippen LogP contribution in [0.5, 0.6) is 0 Å². The van der Waals surface area contributed by atoms with E-state index in [2.05, 4.69) is 22.2 Å². The van der Waals surface area contributed by atoms with E-state index in [1.807, 2.05) is 0 Å². The van der Waals surface area contributed by atoms with Gasteiger partial charge in [-0.2, -0.15) is 0 Å². The Labute approximate surface area is 103 Å². The summed E-state index contributed by atoms with van der Waals surface area (Å²) in [4.78, 5) is 8.25. The van der Waals surface area contributed by atoms with Gasteiger partial charge in [0.25, 0.3) is 0 Å². The molecule has 1 aliphatic carbocycles. The summed E-state index contributed by atoms with van der Waals surface area (Å²) in [6.45, 7) is 3.32. The third kappa shape index (κ3) is 3.88. The molecule has 17 heavy (non-hydrogen) atoms. The standard InChI is InChI=1S/C13H22N4/c1-10-2-4-11(5-3-10)6-7-15-13-16-8-12(14)9-17-13/h8-11H,2-7,14H2,1H3,(H,15,16,17). The number of nitrogen functional groups attached to an aromatic ring is 1. The topological polar surface area (TPSA) is 63.8 Å². The highest BCUT2D eigenvalue weighted by Gasteiger charge is 2.17. The van der Waals surface area contributed by atoms with Crippen molar-refractivity contribution < 1.29 is 0 Å². The van der Waals surface area contributed by atoms with Crippen LogP contribution in [0, 0.1) is 11.8 Å². The summed E-state index contributed by atoms with van der Waals surface area (Å²) in [6.07, 6.45) is 10.0. The average molecular weight is 234 g/mol. The summed E-state index contributed by atoms with van der Waals surface area (Å²) >= 11 is 0. The SMILES string of the molecule is CC1CCC(CCNc2ncc(N)cn2)CC1. The third-order valence-electron chi connectivity index (χ3n) is 3.64. The van der Waals surface area contributed by atoms with E-state index in [0.717, 1.165) is 18.4 Å². The van der Waals surface area contributed by atoms with Crippen molar-refractivity contribution in [3.05, 3.63) is 12.4 Å². The quantitative estimate of drug-likeness (QED) is 0.840. The zero-order valence-electron chi connectivity index (χ0n) is 10.5. The molecule has 0 atom stereocenters. The first kappa shape index (κ1) is 12.1. The second kappa shape index (κ2) is 5.84. The summed E-state index contributed by atoms with van der Waals surface area (Å²) < 4.78 is 0. The van der Waals surface area contributed by atoms with E-state index in [4.69, 9.17) is 5.73 Å². The molecule has 94 valence electrons. The van der Waals surface area contributed by atoms with E-state index >= 15 is 0 Å². The Morgan fingerprint density at radius 2 is 1.88 bits per heavy atom. The first-order valence-electron chi connectivity index (χ1n) is 6.55. The second-order valence-electron chi connectivity index (χ2n) is 5.18. The van der Waals surface area contributed by atoms with Gasteiger partial charge < -0.3 is 11.1 Å². The number of anilines is 2. The van der Waals surface area contributed by atoms with E-state index in [-0.39, 0.29) is 0 Å². The number of hydrogen-bond donors (Lipinski definition) is 2. The zero-order chi connectivity index (χ0) is 12.1. The molecule has 4 heteroatoms. The number of rotatable bonds is 4. The van der Waals surface area contributed by atoms with E-state index in [9.17, 15) is 0 Å². The highest BCUT2D eigenvalue weighted by Crippen LogP contribution is 2.30. The van der Waals surface area contributed by atoms with Crippen molar-refractivity contribution in [3.63, 3.8) is 0 Å². The number of nitrogens with two attached hydrogens (primary N) is 1. The molecular formula is C13H22N4. The Bertz CT molecular complexity index is 328. The summed E-state index contributed by atoms with van der Waals surface area (Å²) in [5, 5.41) is 3.25. The molecule has 0 amide bonds. The van der Waals surface area contributed by atoms with Gasteiger partial charge in [-0.05, 0) is 18.3 Å². The summed E-state index contributed by atoms with van der Waals surface area (Å²) in [5.41, 5.74) is 6.14. The normalized spacial score (nSPS) is 24.5. The molecular weight excluding hydrogens is 212 g/mol. The minimum Gasteiger partial charge on any atom is -0.396 e. The minimum atomic E-state index is 0.608. The Morgan fingerprint density at radius 1 is 1.24 bits per heavy atom. The third-order valence-corrected chi connectivity index (χ3v) is 3.64. The fourth-order valence-electron chi connectivity index (χ4n) is 2.44. The Kier molecular flexibility index (Phi) is 4.18. The molecule has 1 aromatic rings. The number of nitrogens with one attached hydrogen (secondary N) is 1. The molecule has 0 saturated heterocycles. The highest BCUT2D eigenvalue weighted by molar-refractivity contribution is 5.35. The predicted molar refractivity (Wildman–Crippen MR) is 70.7 cm³/mol. The lowest BCUT2D eigenvalue weighted by Gasteiger charge is -2.26. The van der Waals surface area contributed by atoms with Crippen molar-refractivity contribution in [1.29, 1.82) is 0 Å². The fraction of sp³-hybridized carbons (Fsp3) is 0.692. The molecule has 0 bridgehead atoms. The van der Waals surface area contributed by atoms with Gasteiger partial charge in [-0.3, -0.25) is 0 Å². The molecule has 3 N–H and O–H groups in total. The molecule has 0 unspecified atom stereocenters. The first-order valence-corrected chi connectivity index (χ1v) is 6.55. The fourth-order valence-corrected chi connectivity index (χ4v) is 2.44. The lowest BCUT2D eigenvalue weighted by molar-refractivity contribution is 0.282. The van der Waals surface area contributed by atoms with Crippen LogP contribution in [0.2, 0.25) is 0 Å². The van der Waals surface area contributed by atoms with Gasteiger partial charge in [0.2, 0.25) is 5.95 Å². The van der Waals surface area contributed by atoms with Crippen LogP contribution in [-0.4, -0.2) is 16.5 Å². The van der Waals surface area contributed by atoms with Gasteiger partial charge in [-0.1, -0.05) is 32.6 Å². The zero-order valence-corrected chi connectivity index (χ0v) is 10.5. The monoisotopic (exact) mass is 234 g/mol. The Balaban J connectivity index is 1.67. The van der Waals surface area contributed by atoms with Gasteiger partial charge in [-0.15, -0.1) is 0 Å². The molecule has 4 nitrogen and oxygen atoms in total. The van der Waals surface area contributed by atoms with Gasteiger partial charge >= 0.3 is 0 Å². The minimum absolute atomic E-state index is 0.608. The maximum atomic E-state index is 5.53. The first-order chi connectivity index (χ1) is 8.24. The molecule has 0 radical (unpaired) electrons. The van der Waals surface area contributed by atoms with E-state index in [1.165, 1.54) is 32.1 Å². The van der Waals surface area contributed by atoms with Crippen molar-refractivity contribution >= 4 is 11.6 Å². The van der Waals surface area contributed by atoms with Crippen molar-refractivity contribution in [2.45, 2.75) is 39.0 Å². The molecule has 1 saturated carbocycles. The molecule has 1 fully saturated rings. The molecule has 0 aliphatic heterocycles. The largest absolute Gasteiger partial charge is 0.396 e. The smallest absolute Gasteiger partial charge is 0.222 e. The van der Waals surface area contributed by atoms with Crippen LogP contribution in [0.1, 0.15) is 39.0 Å². The second-order valence-corrected chi connectivity index (χ2v) is 5.18. The van der Waals surface area contributed by atoms with E-state index in [1.54, 1.807) is 12.4 Å². The van der Waals surface area contributed by atoms with Crippen molar-refractivity contribution in [2.75, 3.05) is 17.6 Å². The van der Waals surface area contributed by atoms with Gasteiger partial charge in [0.15, 0.2) is 0 Å². The van der Waals surface area contributed by atoms with Crippen LogP contribution < -0.4 is 11.1 Å². The summed E-state index contributed by atoms with van der Waals surface area (Å²) in [7, 11) is 0. The van der Waals surface area contributed by atoms with E-state index < -0.39 is 0 Å². The van der Waals surface area contributed by atoms with E-state index in [0.29, 0.717) is 11.6 Å². The summed E-state index contributed by atoms with van der Waals surface area (Å²) in [6, 6.07) is 0. The summed E-state index contributed by atoms with van der Waals surface area (Å²) in [5.74, 6) is 2.50. The highest BCUT2D eigenvalue weighted by atomic mass is 15.1. The molecule has 1 aromatic heterocycles. The van der Waals surface area contributed by atoms with Crippen LogP contribution in [-0.2, 0) is 0 Å². The van der Waals surface area contributed by atoms with Gasteiger partial charge in [0.05, 0.1) is 18.1 Å². The molecule has 2 rings (SSSR count). The predicted octanol–water partition coefficient (Wildman–Crippen LogP) is 2.69. The van der Waals surface area contributed by atoms with Crippen LogP contribution in [0.4, 0.5) is 11.6 Å². The molecule has 0 spiro atoms. The van der Waals surface area contributed by atoms with Crippen molar-refractivity contribution in [3.8, 4) is 0 Å². The van der Waals surface area contributed by atoms with Gasteiger partial charge in [0, 0.05) is 6.54 Å². The average Bonchev–Trinajstić information content (AvgIpc) is 2.34. The van der Waals surface area contributed by atoms with Crippen LogP contribution in [0.15, 0.2) is 12.4 Å². The van der Waals surface area contributed by atoms with Crippen LogP contribution >= 0.6 is 0 Å². The van der Waals surface area contributed by atoms with Gasteiger partial charge in [0.1, 0.15) is 0 Å². The van der Waals surface area contributed by atoms with Crippen molar-refractivity contribution in [1.82, 2.24) is 9.97 Å². The van der Waals surface area contributed by atoms with Gasteiger partial charge in [-0.25, -0.2) is 9.97 Å². The number of nitrogens with zero attached hydrogens (tertiary/aromatic N) is 2. The van der Waals surface area contributed by atoms with Crippen LogP contribution in [0.3, 0.4) is 0 Å². The lowest BCUT2D eigenvalue weighted by atomic mass is 9.81. The maximum absolute atomic E-state index is 5.53. The Hall–Kier alpha value is -1.32. The molecule has 0 aromatic carbocycles. The van der Waals surface area contributed by atoms with Crippen molar-refractivity contribution in [2.24, 2.45) is 11.8 Å². The van der Waals surface area contributed by atoms with Crippen LogP contribution in [0.25, 0.3) is 0 Å². The lowest BCUT2D eigenvalue weighted by Crippen LogP contribution is -2.16. The number of hydrogen-bond acceptors (Lipinski definition) is 4. The Morgan fingerprint density at radius 3 is 2.53 bits per heavy atom. The maximum Gasteiger partial charge on any atom is 0.222 e. The number of aromatic nitrogens is 2. The molecule has 1 aliphatic rings. The molecule has 1 heterocycles.